The Morgan fingerprint density at radius 2 is 1.96 bits per heavy atom. The number of amides is 1. The number of hydrogen-bond donors (Lipinski definition) is 1. The zero-order chi connectivity index (χ0) is 17.6. The van der Waals surface area contributed by atoms with Gasteiger partial charge in [-0.25, -0.2) is 4.79 Å². The van der Waals surface area contributed by atoms with Crippen molar-refractivity contribution in [1.29, 1.82) is 0 Å². The fourth-order valence-corrected chi connectivity index (χ4v) is 3.59. The van der Waals surface area contributed by atoms with E-state index in [9.17, 15) is 4.79 Å². The topological polar surface area (TPSA) is 50.8 Å². The van der Waals surface area contributed by atoms with Gasteiger partial charge in [0.15, 0.2) is 0 Å². The minimum atomic E-state index is -0.168. The van der Waals surface area contributed by atoms with Crippen molar-refractivity contribution in [2.45, 2.75) is 51.3 Å². The van der Waals surface area contributed by atoms with Crippen molar-refractivity contribution in [2.75, 3.05) is 26.3 Å². The first-order valence-corrected chi connectivity index (χ1v) is 9.48. The van der Waals surface area contributed by atoms with E-state index >= 15 is 0 Å². The molecular weight excluding hydrogens is 316 g/mol. The van der Waals surface area contributed by atoms with Crippen molar-refractivity contribution in [3.05, 3.63) is 35.9 Å². The number of likely N-dealkylation sites (tertiary alicyclic amines) is 1. The largest absolute Gasteiger partial charge is 0.449 e. The standard InChI is InChI=1S/C20H30N2O3/c1-15(2)14-25-20(23)22-11-8-17(9-12-22)21-18-10-13-24-19(18)16-6-4-3-5-7-16/h3-7,15,17-19,21H,8-14H2,1-2H3/t18-,19-/m0/s1. The van der Waals surface area contributed by atoms with Crippen molar-refractivity contribution in [3.8, 4) is 0 Å². The maximum absolute atomic E-state index is 12.1. The Labute approximate surface area is 150 Å². The first kappa shape index (κ1) is 18.2. The van der Waals surface area contributed by atoms with Crippen LogP contribution in [-0.4, -0.2) is 49.4 Å². The maximum atomic E-state index is 12.1. The summed E-state index contributed by atoms with van der Waals surface area (Å²) in [5.74, 6) is 0.375. The van der Waals surface area contributed by atoms with Crippen LogP contribution in [0.5, 0.6) is 0 Å². The third-order valence-electron chi connectivity index (χ3n) is 4.96. The summed E-state index contributed by atoms with van der Waals surface area (Å²) >= 11 is 0. The van der Waals surface area contributed by atoms with E-state index in [-0.39, 0.29) is 12.2 Å². The van der Waals surface area contributed by atoms with Gasteiger partial charge >= 0.3 is 6.09 Å². The third kappa shape index (κ3) is 4.95. The number of benzene rings is 1. The minimum absolute atomic E-state index is 0.134. The van der Waals surface area contributed by atoms with Crippen LogP contribution in [0, 0.1) is 5.92 Å². The van der Waals surface area contributed by atoms with Crippen molar-refractivity contribution in [1.82, 2.24) is 10.2 Å². The molecule has 2 aliphatic rings. The second kappa shape index (κ2) is 8.68. The number of rotatable bonds is 5. The maximum Gasteiger partial charge on any atom is 0.409 e. The van der Waals surface area contributed by atoms with Crippen LogP contribution in [0.1, 0.15) is 44.8 Å². The van der Waals surface area contributed by atoms with Crippen LogP contribution in [0.25, 0.3) is 0 Å². The molecule has 0 saturated carbocycles. The molecule has 0 aromatic heterocycles. The van der Waals surface area contributed by atoms with Gasteiger partial charge in [-0.2, -0.15) is 0 Å². The molecular formula is C20H30N2O3. The molecule has 1 N–H and O–H groups in total. The lowest BCUT2D eigenvalue weighted by Crippen LogP contribution is -2.48. The number of piperidine rings is 1. The first-order chi connectivity index (χ1) is 12.1. The van der Waals surface area contributed by atoms with Crippen molar-refractivity contribution < 1.29 is 14.3 Å². The summed E-state index contributed by atoms with van der Waals surface area (Å²) in [6, 6.07) is 11.2. The van der Waals surface area contributed by atoms with Gasteiger partial charge in [0.25, 0.3) is 0 Å². The molecule has 0 bridgehead atoms. The predicted molar refractivity (Wildman–Crippen MR) is 97.5 cm³/mol. The van der Waals surface area contributed by atoms with Gasteiger partial charge < -0.3 is 19.7 Å². The smallest absolute Gasteiger partial charge is 0.409 e. The van der Waals surface area contributed by atoms with Gasteiger partial charge in [-0.3, -0.25) is 0 Å². The second-order valence-corrected chi connectivity index (χ2v) is 7.50. The number of hydrogen-bond acceptors (Lipinski definition) is 4. The fourth-order valence-electron chi connectivity index (χ4n) is 3.59. The molecule has 0 radical (unpaired) electrons. The lowest BCUT2D eigenvalue weighted by atomic mass is 9.98. The fraction of sp³-hybridized carbons (Fsp3) is 0.650. The monoisotopic (exact) mass is 346 g/mol. The SMILES string of the molecule is CC(C)COC(=O)N1CCC(N[C@H]2CCO[C@H]2c2ccccc2)CC1. The van der Waals surface area contributed by atoms with E-state index in [4.69, 9.17) is 9.47 Å². The van der Waals surface area contributed by atoms with Gasteiger partial charge in [0.05, 0.1) is 12.7 Å². The summed E-state index contributed by atoms with van der Waals surface area (Å²) in [6.45, 7) is 6.93. The Kier molecular flexibility index (Phi) is 6.32. The van der Waals surface area contributed by atoms with Crippen molar-refractivity contribution >= 4 is 6.09 Å². The average Bonchev–Trinajstić information content (AvgIpc) is 3.09. The number of carbonyl (C=O) groups excluding carboxylic acids is 1. The summed E-state index contributed by atoms with van der Waals surface area (Å²) < 4.78 is 11.3. The highest BCUT2D eigenvalue weighted by molar-refractivity contribution is 5.67. The number of nitrogens with zero attached hydrogens (tertiary/aromatic N) is 1. The molecule has 5 heteroatoms. The summed E-state index contributed by atoms with van der Waals surface area (Å²) in [4.78, 5) is 13.9. The van der Waals surface area contributed by atoms with Gasteiger partial charge in [-0.1, -0.05) is 44.2 Å². The van der Waals surface area contributed by atoms with Gasteiger partial charge in [0.2, 0.25) is 0 Å². The molecule has 2 atom stereocenters. The van der Waals surface area contributed by atoms with Crippen LogP contribution >= 0.6 is 0 Å². The summed E-state index contributed by atoms with van der Waals surface area (Å²) in [5.41, 5.74) is 1.24. The normalized spacial score (nSPS) is 24.7. The minimum Gasteiger partial charge on any atom is -0.449 e. The molecule has 2 heterocycles. The zero-order valence-electron chi connectivity index (χ0n) is 15.3. The quantitative estimate of drug-likeness (QED) is 0.888. The molecule has 1 aromatic carbocycles. The van der Waals surface area contributed by atoms with E-state index < -0.39 is 0 Å². The second-order valence-electron chi connectivity index (χ2n) is 7.50. The van der Waals surface area contributed by atoms with E-state index in [0.717, 1.165) is 39.0 Å². The first-order valence-electron chi connectivity index (χ1n) is 9.48. The van der Waals surface area contributed by atoms with Crippen molar-refractivity contribution in [2.24, 2.45) is 5.92 Å². The third-order valence-corrected chi connectivity index (χ3v) is 4.96. The molecule has 2 aliphatic heterocycles. The molecule has 2 saturated heterocycles. The lowest BCUT2D eigenvalue weighted by molar-refractivity contribution is 0.0756. The molecule has 25 heavy (non-hydrogen) atoms. The zero-order valence-corrected chi connectivity index (χ0v) is 15.3. The van der Waals surface area contributed by atoms with Crippen LogP contribution in [0.3, 0.4) is 0 Å². The number of nitrogens with one attached hydrogen (secondary N) is 1. The molecule has 0 aliphatic carbocycles. The highest BCUT2D eigenvalue weighted by Crippen LogP contribution is 2.30. The lowest BCUT2D eigenvalue weighted by Gasteiger charge is -2.34. The molecule has 3 rings (SSSR count). The van der Waals surface area contributed by atoms with Crippen LogP contribution in [0.4, 0.5) is 4.79 Å². The van der Waals surface area contributed by atoms with E-state index in [2.05, 4.69) is 43.4 Å². The van der Waals surface area contributed by atoms with Crippen LogP contribution in [-0.2, 0) is 9.47 Å². The summed E-state index contributed by atoms with van der Waals surface area (Å²) in [5, 5.41) is 3.77. The molecule has 5 nitrogen and oxygen atoms in total. The van der Waals surface area contributed by atoms with Crippen molar-refractivity contribution in [3.63, 3.8) is 0 Å². The molecule has 1 amide bonds. The van der Waals surface area contributed by atoms with E-state index in [1.807, 2.05) is 11.0 Å². The van der Waals surface area contributed by atoms with E-state index in [1.54, 1.807) is 0 Å². The highest BCUT2D eigenvalue weighted by Gasteiger charge is 2.32. The van der Waals surface area contributed by atoms with Crippen LogP contribution in [0.15, 0.2) is 30.3 Å². The molecule has 138 valence electrons. The summed E-state index contributed by atoms with van der Waals surface area (Å²) in [6.07, 6.45) is 2.94. The summed E-state index contributed by atoms with van der Waals surface area (Å²) in [7, 11) is 0. The van der Waals surface area contributed by atoms with Gasteiger partial charge in [0, 0.05) is 31.8 Å². The average molecular weight is 346 g/mol. The number of ether oxygens (including phenoxy) is 2. The molecule has 1 aromatic rings. The van der Waals surface area contributed by atoms with E-state index in [0.29, 0.717) is 24.6 Å². The Bertz CT molecular complexity index is 541. The van der Waals surface area contributed by atoms with Gasteiger partial charge in [-0.15, -0.1) is 0 Å². The predicted octanol–water partition coefficient (Wildman–Crippen LogP) is 3.36. The van der Waals surface area contributed by atoms with Gasteiger partial charge in [-0.05, 0) is 30.7 Å². The van der Waals surface area contributed by atoms with E-state index in [1.165, 1.54) is 5.56 Å². The Morgan fingerprint density at radius 3 is 2.64 bits per heavy atom. The Hall–Kier alpha value is -1.59. The van der Waals surface area contributed by atoms with Crippen LogP contribution < -0.4 is 5.32 Å². The number of carbonyl (C=O) groups is 1. The highest BCUT2D eigenvalue weighted by atomic mass is 16.6. The van der Waals surface area contributed by atoms with Gasteiger partial charge in [0.1, 0.15) is 0 Å². The molecule has 2 fully saturated rings. The Balaban J connectivity index is 1.46. The van der Waals surface area contributed by atoms with Crippen LogP contribution in [0.2, 0.25) is 0 Å². The molecule has 0 spiro atoms. The molecule has 0 unspecified atom stereocenters. The Morgan fingerprint density at radius 1 is 1.24 bits per heavy atom.